The summed E-state index contributed by atoms with van der Waals surface area (Å²) < 4.78 is 6.92. The lowest BCUT2D eigenvalue weighted by molar-refractivity contribution is -0.151. The van der Waals surface area contributed by atoms with Crippen molar-refractivity contribution < 1.29 is 9.53 Å². The maximum absolute atomic E-state index is 11.8. The largest absolute Gasteiger partial charge is 0.459 e. The Balaban J connectivity index is 2.11. The summed E-state index contributed by atoms with van der Waals surface area (Å²) in [5, 5.41) is 12.2. The SMILES string of the molecule is Cc1cc(C)cc(-n2nnnc2SCC(=O)OC(C)(C)C)c1. The fourth-order valence-electron chi connectivity index (χ4n) is 2.00. The number of benzene rings is 1. The molecule has 1 aromatic carbocycles. The van der Waals surface area contributed by atoms with Crippen molar-refractivity contribution in [2.75, 3.05) is 5.75 Å². The smallest absolute Gasteiger partial charge is 0.316 e. The van der Waals surface area contributed by atoms with Crippen molar-refractivity contribution in [3.8, 4) is 5.69 Å². The van der Waals surface area contributed by atoms with Gasteiger partial charge in [-0.2, -0.15) is 4.68 Å². The Morgan fingerprint density at radius 1 is 1.23 bits per heavy atom. The number of esters is 1. The van der Waals surface area contributed by atoms with Crippen LogP contribution in [-0.4, -0.2) is 37.5 Å². The molecule has 0 fully saturated rings. The molecular formula is C15H20N4O2S. The first-order chi connectivity index (χ1) is 10.2. The molecule has 22 heavy (non-hydrogen) atoms. The van der Waals surface area contributed by atoms with Gasteiger partial charge in [0.25, 0.3) is 0 Å². The summed E-state index contributed by atoms with van der Waals surface area (Å²) in [6.45, 7) is 9.57. The van der Waals surface area contributed by atoms with E-state index in [1.807, 2.05) is 46.8 Å². The van der Waals surface area contributed by atoms with E-state index < -0.39 is 5.60 Å². The minimum absolute atomic E-state index is 0.169. The third-order valence-electron chi connectivity index (χ3n) is 2.63. The molecule has 0 bridgehead atoms. The summed E-state index contributed by atoms with van der Waals surface area (Å²) in [5.74, 6) is -0.116. The van der Waals surface area contributed by atoms with Gasteiger partial charge >= 0.3 is 5.97 Å². The Morgan fingerprint density at radius 2 is 1.86 bits per heavy atom. The van der Waals surface area contributed by atoms with Crippen LogP contribution < -0.4 is 0 Å². The number of ether oxygens (including phenoxy) is 1. The summed E-state index contributed by atoms with van der Waals surface area (Å²) in [5.41, 5.74) is 2.66. The van der Waals surface area contributed by atoms with Gasteiger partial charge in [-0.3, -0.25) is 4.79 Å². The van der Waals surface area contributed by atoms with Gasteiger partial charge < -0.3 is 4.74 Å². The molecule has 0 aliphatic carbocycles. The third kappa shape index (κ3) is 4.56. The zero-order chi connectivity index (χ0) is 16.3. The molecule has 0 amide bonds. The van der Waals surface area contributed by atoms with Crippen molar-refractivity contribution in [2.45, 2.75) is 45.4 Å². The van der Waals surface area contributed by atoms with E-state index in [-0.39, 0.29) is 11.7 Å². The number of hydrogen-bond donors (Lipinski definition) is 0. The third-order valence-corrected chi connectivity index (χ3v) is 3.52. The van der Waals surface area contributed by atoms with Crippen molar-refractivity contribution in [1.82, 2.24) is 20.2 Å². The topological polar surface area (TPSA) is 69.9 Å². The minimum atomic E-state index is -0.489. The highest BCUT2D eigenvalue weighted by Crippen LogP contribution is 2.21. The van der Waals surface area contributed by atoms with E-state index in [1.165, 1.54) is 11.8 Å². The monoisotopic (exact) mass is 320 g/mol. The fraction of sp³-hybridized carbons (Fsp3) is 0.467. The number of rotatable bonds is 4. The van der Waals surface area contributed by atoms with Crippen molar-refractivity contribution >= 4 is 17.7 Å². The van der Waals surface area contributed by atoms with E-state index in [9.17, 15) is 4.79 Å². The van der Waals surface area contributed by atoms with Gasteiger partial charge in [0.05, 0.1) is 11.4 Å². The number of carbonyl (C=O) groups excluding carboxylic acids is 1. The van der Waals surface area contributed by atoms with Crippen LogP contribution in [0.5, 0.6) is 0 Å². The summed E-state index contributed by atoms with van der Waals surface area (Å²) in [7, 11) is 0. The number of hydrogen-bond acceptors (Lipinski definition) is 6. The van der Waals surface area contributed by atoms with Crippen LogP contribution in [-0.2, 0) is 9.53 Å². The number of thioether (sulfide) groups is 1. The summed E-state index contributed by atoms with van der Waals surface area (Å²) >= 11 is 1.26. The zero-order valence-corrected chi connectivity index (χ0v) is 14.3. The van der Waals surface area contributed by atoms with Gasteiger partial charge in [0, 0.05) is 0 Å². The lowest BCUT2D eigenvalue weighted by atomic mass is 10.1. The first kappa shape index (κ1) is 16.5. The second-order valence-electron chi connectivity index (χ2n) is 6.09. The number of tetrazole rings is 1. The highest BCUT2D eigenvalue weighted by molar-refractivity contribution is 7.99. The molecule has 7 heteroatoms. The maximum Gasteiger partial charge on any atom is 0.316 e. The normalized spacial score (nSPS) is 11.5. The standard InChI is InChI=1S/C15H20N4O2S/c1-10-6-11(2)8-12(7-10)19-14(16-17-18-19)22-9-13(20)21-15(3,4)5/h6-8H,9H2,1-5H3. The number of carbonyl (C=O) groups is 1. The molecule has 0 spiro atoms. The summed E-state index contributed by atoms with van der Waals surface area (Å²) in [6.07, 6.45) is 0. The van der Waals surface area contributed by atoms with Gasteiger partial charge in [-0.1, -0.05) is 17.8 Å². The lowest BCUT2D eigenvalue weighted by Gasteiger charge is -2.19. The first-order valence-electron chi connectivity index (χ1n) is 6.96. The van der Waals surface area contributed by atoms with Crippen LogP contribution in [0.15, 0.2) is 23.4 Å². The second-order valence-corrected chi connectivity index (χ2v) is 7.04. The average molecular weight is 320 g/mol. The number of aromatic nitrogens is 4. The predicted molar refractivity (Wildman–Crippen MR) is 85.2 cm³/mol. The van der Waals surface area contributed by atoms with E-state index in [1.54, 1.807) is 4.68 Å². The highest BCUT2D eigenvalue weighted by Gasteiger charge is 2.18. The molecule has 0 unspecified atom stereocenters. The average Bonchev–Trinajstić information content (AvgIpc) is 2.81. The Bertz CT molecular complexity index is 656. The molecule has 1 aromatic heterocycles. The van der Waals surface area contributed by atoms with Crippen LogP contribution in [0.25, 0.3) is 5.69 Å². The van der Waals surface area contributed by atoms with Crippen molar-refractivity contribution in [3.63, 3.8) is 0 Å². The molecule has 6 nitrogen and oxygen atoms in total. The van der Waals surface area contributed by atoms with Crippen LogP contribution in [0.3, 0.4) is 0 Å². The molecule has 0 saturated heterocycles. The van der Waals surface area contributed by atoms with Crippen LogP contribution in [0.2, 0.25) is 0 Å². The molecule has 2 aromatic rings. The Morgan fingerprint density at radius 3 is 2.45 bits per heavy atom. The molecule has 0 radical (unpaired) electrons. The molecule has 0 aliphatic heterocycles. The quantitative estimate of drug-likeness (QED) is 0.637. The molecular weight excluding hydrogens is 300 g/mol. The Kier molecular flexibility index (Phi) is 4.85. The summed E-state index contributed by atoms with van der Waals surface area (Å²) in [6, 6.07) is 6.09. The van der Waals surface area contributed by atoms with Gasteiger partial charge in [-0.15, -0.1) is 5.10 Å². The molecule has 1 heterocycles. The van der Waals surface area contributed by atoms with E-state index in [0.29, 0.717) is 5.16 Å². The Labute approximate surface area is 134 Å². The molecule has 0 N–H and O–H groups in total. The summed E-state index contributed by atoms with van der Waals surface area (Å²) in [4.78, 5) is 11.8. The van der Waals surface area contributed by atoms with Crippen LogP contribution in [0, 0.1) is 13.8 Å². The molecule has 118 valence electrons. The molecule has 0 saturated carbocycles. The van der Waals surface area contributed by atoms with E-state index in [2.05, 4.69) is 21.6 Å². The highest BCUT2D eigenvalue weighted by atomic mass is 32.2. The molecule has 0 aliphatic rings. The van der Waals surface area contributed by atoms with Gasteiger partial charge in [0.15, 0.2) is 0 Å². The van der Waals surface area contributed by atoms with Crippen molar-refractivity contribution in [3.05, 3.63) is 29.3 Å². The molecule has 2 rings (SSSR count). The van der Waals surface area contributed by atoms with Gasteiger partial charge in [-0.25, -0.2) is 0 Å². The van der Waals surface area contributed by atoms with Crippen molar-refractivity contribution in [2.24, 2.45) is 0 Å². The Hall–Kier alpha value is -1.89. The molecule has 0 atom stereocenters. The number of nitrogens with zero attached hydrogens (tertiary/aromatic N) is 4. The first-order valence-corrected chi connectivity index (χ1v) is 7.95. The zero-order valence-electron chi connectivity index (χ0n) is 13.5. The maximum atomic E-state index is 11.8. The van der Waals surface area contributed by atoms with Crippen LogP contribution in [0.1, 0.15) is 31.9 Å². The van der Waals surface area contributed by atoms with Gasteiger partial charge in [0.1, 0.15) is 5.60 Å². The van der Waals surface area contributed by atoms with Crippen molar-refractivity contribution in [1.29, 1.82) is 0 Å². The predicted octanol–water partition coefficient (Wildman–Crippen LogP) is 2.71. The second kappa shape index (κ2) is 6.48. The lowest BCUT2D eigenvalue weighted by Crippen LogP contribution is -2.25. The van der Waals surface area contributed by atoms with Gasteiger partial charge in [-0.05, 0) is 68.3 Å². The minimum Gasteiger partial charge on any atom is -0.459 e. The fourth-order valence-corrected chi connectivity index (χ4v) is 2.66. The van der Waals surface area contributed by atoms with Crippen LogP contribution >= 0.6 is 11.8 Å². The van der Waals surface area contributed by atoms with E-state index in [4.69, 9.17) is 4.74 Å². The van der Waals surface area contributed by atoms with Crippen LogP contribution in [0.4, 0.5) is 0 Å². The van der Waals surface area contributed by atoms with E-state index >= 15 is 0 Å². The number of aryl methyl sites for hydroxylation is 2. The van der Waals surface area contributed by atoms with E-state index in [0.717, 1.165) is 16.8 Å². The van der Waals surface area contributed by atoms with Gasteiger partial charge in [0.2, 0.25) is 5.16 Å².